The van der Waals surface area contributed by atoms with Gasteiger partial charge in [0.05, 0.1) is 0 Å². The average Bonchev–Trinajstić information content (AvgIpc) is 2.54. The highest BCUT2D eigenvalue weighted by atomic mass is 35.5. The van der Waals surface area contributed by atoms with Gasteiger partial charge in [-0.15, -0.1) is 11.8 Å². The van der Waals surface area contributed by atoms with Gasteiger partial charge in [-0.2, -0.15) is 4.98 Å². The summed E-state index contributed by atoms with van der Waals surface area (Å²) in [6.45, 7) is 0.710. The van der Waals surface area contributed by atoms with Gasteiger partial charge in [0.15, 0.2) is 5.82 Å². The van der Waals surface area contributed by atoms with Gasteiger partial charge in [0, 0.05) is 13.6 Å². The molecule has 1 aromatic carbocycles. The topological polar surface area (TPSA) is 54.8 Å². The van der Waals surface area contributed by atoms with Crippen molar-refractivity contribution < 1.29 is 0 Å². The summed E-state index contributed by atoms with van der Waals surface area (Å²) >= 11 is 7.60. The molecule has 7 heteroatoms. The van der Waals surface area contributed by atoms with E-state index < -0.39 is 0 Å². The summed E-state index contributed by atoms with van der Waals surface area (Å²) in [5.74, 6) is 0.705. The van der Waals surface area contributed by atoms with E-state index in [9.17, 15) is 0 Å². The Morgan fingerprint density at radius 2 is 1.86 bits per heavy atom. The first-order valence-electron chi connectivity index (χ1n) is 6.66. The molecule has 0 bridgehead atoms. The van der Waals surface area contributed by atoms with Gasteiger partial charge in [-0.3, -0.25) is 0 Å². The second-order valence-corrected chi connectivity index (χ2v) is 5.87. The fourth-order valence-electron chi connectivity index (χ4n) is 2.23. The number of anilines is 1. The van der Waals surface area contributed by atoms with Gasteiger partial charge in [-0.25, -0.2) is 15.0 Å². The Morgan fingerprint density at radius 3 is 2.59 bits per heavy atom. The molecule has 0 saturated heterocycles. The van der Waals surface area contributed by atoms with Crippen molar-refractivity contribution in [1.82, 2.24) is 19.9 Å². The third-order valence-electron chi connectivity index (χ3n) is 3.22. The lowest BCUT2D eigenvalue weighted by Gasteiger charge is -2.19. The van der Waals surface area contributed by atoms with Crippen LogP contribution in [0.15, 0.2) is 41.7 Å². The zero-order valence-corrected chi connectivity index (χ0v) is 13.8. The van der Waals surface area contributed by atoms with Gasteiger partial charge in [-0.05, 0) is 23.4 Å². The molecular formula is C15H14ClN5S. The standard InChI is InChI=1S/C15H14ClN5S/c1-21(8-10-6-4-3-5-7-10)13-11-12(19-15(16)20-13)14(22-2)18-9-17-11/h3-7,9H,8H2,1-2H3. The molecule has 2 aromatic heterocycles. The van der Waals surface area contributed by atoms with Crippen LogP contribution < -0.4 is 4.90 Å². The van der Waals surface area contributed by atoms with E-state index in [-0.39, 0.29) is 5.28 Å². The highest BCUT2D eigenvalue weighted by Crippen LogP contribution is 2.28. The van der Waals surface area contributed by atoms with Crippen molar-refractivity contribution in [2.45, 2.75) is 11.6 Å². The molecule has 0 N–H and O–H groups in total. The number of thioether (sulfide) groups is 1. The molecule has 0 aliphatic carbocycles. The fourth-order valence-corrected chi connectivity index (χ4v) is 2.89. The van der Waals surface area contributed by atoms with Crippen molar-refractivity contribution in [1.29, 1.82) is 0 Å². The number of halogens is 1. The van der Waals surface area contributed by atoms with Crippen molar-refractivity contribution in [2.24, 2.45) is 0 Å². The average molecular weight is 332 g/mol. The predicted octanol–water partition coefficient (Wildman–Crippen LogP) is 3.43. The molecule has 0 aliphatic heterocycles. The van der Waals surface area contributed by atoms with Crippen LogP contribution in [0.4, 0.5) is 5.82 Å². The van der Waals surface area contributed by atoms with Crippen LogP contribution in [0.2, 0.25) is 5.28 Å². The molecule has 2 heterocycles. The quantitative estimate of drug-likeness (QED) is 0.415. The summed E-state index contributed by atoms with van der Waals surface area (Å²) < 4.78 is 0. The number of benzene rings is 1. The van der Waals surface area contributed by atoms with E-state index in [1.54, 1.807) is 0 Å². The highest BCUT2D eigenvalue weighted by molar-refractivity contribution is 7.98. The molecule has 0 radical (unpaired) electrons. The van der Waals surface area contributed by atoms with E-state index in [0.29, 0.717) is 23.4 Å². The van der Waals surface area contributed by atoms with Crippen molar-refractivity contribution in [3.8, 4) is 0 Å². The summed E-state index contributed by atoms with van der Waals surface area (Å²) in [6, 6.07) is 10.2. The lowest BCUT2D eigenvalue weighted by molar-refractivity contribution is 0.893. The minimum atomic E-state index is 0.201. The number of fused-ring (bicyclic) bond motifs is 1. The first kappa shape index (κ1) is 15.0. The highest BCUT2D eigenvalue weighted by Gasteiger charge is 2.15. The Labute approximate surface area is 137 Å². The van der Waals surface area contributed by atoms with Crippen molar-refractivity contribution in [2.75, 3.05) is 18.2 Å². The van der Waals surface area contributed by atoms with Gasteiger partial charge >= 0.3 is 0 Å². The van der Waals surface area contributed by atoms with Crippen LogP contribution in [0.25, 0.3) is 11.0 Å². The fraction of sp³-hybridized carbons (Fsp3) is 0.200. The van der Waals surface area contributed by atoms with E-state index in [2.05, 4.69) is 32.1 Å². The lowest BCUT2D eigenvalue weighted by Crippen LogP contribution is -2.19. The summed E-state index contributed by atoms with van der Waals surface area (Å²) in [7, 11) is 1.96. The third kappa shape index (κ3) is 2.98. The van der Waals surface area contributed by atoms with Crippen LogP contribution in [0.5, 0.6) is 0 Å². The molecule has 3 aromatic rings. The van der Waals surface area contributed by atoms with Crippen LogP contribution in [-0.2, 0) is 6.54 Å². The summed E-state index contributed by atoms with van der Waals surface area (Å²) in [6.07, 6.45) is 3.48. The van der Waals surface area contributed by atoms with E-state index in [0.717, 1.165) is 5.03 Å². The molecule has 0 amide bonds. The summed E-state index contributed by atoms with van der Waals surface area (Å²) in [5, 5.41) is 0.996. The normalized spacial score (nSPS) is 10.9. The monoisotopic (exact) mass is 331 g/mol. The largest absolute Gasteiger partial charge is 0.353 e. The van der Waals surface area contributed by atoms with Gasteiger partial charge in [0.25, 0.3) is 0 Å². The van der Waals surface area contributed by atoms with Crippen LogP contribution in [0, 0.1) is 0 Å². The Balaban J connectivity index is 2.06. The first-order valence-corrected chi connectivity index (χ1v) is 8.26. The van der Waals surface area contributed by atoms with Crippen LogP contribution in [-0.4, -0.2) is 33.2 Å². The summed E-state index contributed by atoms with van der Waals surface area (Å²) in [4.78, 5) is 19.2. The zero-order valence-electron chi connectivity index (χ0n) is 12.2. The van der Waals surface area contributed by atoms with Gasteiger partial charge in [-0.1, -0.05) is 30.3 Å². The van der Waals surface area contributed by atoms with Gasteiger partial charge in [0.1, 0.15) is 22.4 Å². The predicted molar refractivity (Wildman–Crippen MR) is 90.5 cm³/mol. The first-order chi connectivity index (χ1) is 10.7. The minimum absolute atomic E-state index is 0.201. The molecule has 0 unspecified atom stereocenters. The van der Waals surface area contributed by atoms with Crippen LogP contribution in [0.3, 0.4) is 0 Å². The van der Waals surface area contributed by atoms with E-state index in [1.807, 2.05) is 36.4 Å². The maximum absolute atomic E-state index is 6.09. The second kappa shape index (κ2) is 6.46. The van der Waals surface area contributed by atoms with Gasteiger partial charge < -0.3 is 4.90 Å². The molecule has 112 valence electrons. The molecule has 22 heavy (non-hydrogen) atoms. The molecule has 0 aliphatic rings. The number of nitrogens with zero attached hydrogens (tertiary/aromatic N) is 5. The molecule has 3 rings (SSSR count). The Kier molecular flexibility index (Phi) is 4.40. The lowest BCUT2D eigenvalue weighted by atomic mass is 10.2. The number of rotatable bonds is 4. The molecule has 0 atom stereocenters. The SMILES string of the molecule is CSc1ncnc2c(N(C)Cc3ccccc3)nc(Cl)nc12. The van der Waals surface area contributed by atoms with Crippen molar-refractivity contribution >= 4 is 40.2 Å². The second-order valence-electron chi connectivity index (χ2n) is 4.74. The smallest absolute Gasteiger partial charge is 0.225 e. The number of hydrogen-bond acceptors (Lipinski definition) is 6. The molecule has 0 spiro atoms. The Bertz CT molecular complexity index is 797. The third-order valence-corrected chi connectivity index (χ3v) is 4.07. The molecule has 0 fully saturated rings. The maximum Gasteiger partial charge on any atom is 0.225 e. The summed E-state index contributed by atoms with van der Waals surface area (Å²) in [5.41, 5.74) is 2.58. The molecule has 0 saturated carbocycles. The van der Waals surface area contributed by atoms with E-state index in [4.69, 9.17) is 11.6 Å². The van der Waals surface area contributed by atoms with Crippen molar-refractivity contribution in [3.63, 3.8) is 0 Å². The molecule has 5 nitrogen and oxygen atoms in total. The van der Waals surface area contributed by atoms with Crippen LogP contribution >= 0.6 is 23.4 Å². The Morgan fingerprint density at radius 1 is 1.09 bits per heavy atom. The number of aromatic nitrogens is 4. The van der Waals surface area contributed by atoms with E-state index in [1.165, 1.54) is 23.7 Å². The van der Waals surface area contributed by atoms with E-state index >= 15 is 0 Å². The maximum atomic E-state index is 6.09. The Hall–Kier alpha value is -1.92. The van der Waals surface area contributed by atoms with Crippen LogP contribution in [0.1, 0.15) is 5.56 Å². The van der Waals surface area contributed by atoms with Gasteiger partial charge in [0.2, 0.25) is 5.28 Å². The zero-order chi connectivity index (χ0) is 15.5. The minimum Gasteiger partial charge on any atom is -0.353 e. The van der Waals surface area contributed by atoms with Crippen molar-refractivity contribution in [3.05, 3.63) is 47.5 Å². The number of hydrogen-bond donors (Lipinski definition) is 0. The molecular weight excluding hydrogens is 318 g/mol.